The number of ether oxygens (including phenoxy) is 3. The molecule has 0 aromatic carbocycles. The van der Waals surface area contributed by atoms with Crippen molar-refractivity contribution in [3.63, 3.8) is 0 Å². The average Bonchev–Trinajstić information content (AvgIpc) is 2.35. The van der Waals surface area contributed by atoms with Gasteiger partial charge in [-0.3, -0.25) is 4.98 Å². The Bertz CT molecular complexity index is 477. The molecule has 0 aliphatic rings. The fraction of sp³-hybridized carbons (Fsp3) is 0.400. The first-order chi connectivity index (χ1) is 8.84. The molecule has 0 fully saturated rings. The van der Waals surface area contributed by atoms with Crippen LogP contribution < -0.4 is 15.2 Å². The van der Waals surface area contributed by atoms with Gasteiger partial charge >= 0.3 is 12.3 Å². The second-order valence-electron chi connectivity index (χ2n) is 3.22. The van der Waals surface area contributed by atoms with Crippen molar-refractivity contribution in [1.82, 2.24) is 4.98 Å². The molecule has 0 saturated carbocycles. The third kappa shape index (κ3) is 3.47. The largest absolute Gasteiger partial charge is 0.573 e. The lowest BCUT2D eigenvalue weighted by molar-refractivity contribution is -0.275. The highest BCUT2D eigenvalue weighted by Crippen LogP contribution is 2.36. The minimum absolute atomic E-state index is 0.0908. The number of esters is 1. The molecule has 6 nitrogen and oxygen atoms in total. The highest BCUT2D eigenvalue weighted by Gasteiger charge is 2.36. The van der Waals surface area contributed by atoms with Gasteiger partial charge in [0.05, 0.1) is 26.1 Å². The van der Waals surface area contributed by atoms with Gasteiger partial charge in [-0.05, 0) is 0 Å². The van der Waals surface area contributed by atoms with Crippen molar-refractivity contribution in [2.75, 3.05) is 14.2 Å². The predicted octanol–water partition coefficient (Wildman–Crippen LogP) is 1.23. The van der Waals surface area contributed by atoms with Gasteiger partial charge in [0.2, 0.25) is 0 Å². The Labute approximate surface area is 106 Å². The molecular weight excluding hydrogens is 269 g/mol. The van der Waals surface area contributed by atoms with Crippen molar-refractivity contribution in [2.24, 2.45) is 5.73 Å². The lowest BCUT2D eigenvalue weighted by Gasteiger charge is -2.16. The van der Waals surface area contributed by atoms with Crippen molar-refractivity contribution in [2.45, 2.75) is 12.9 Å². The molecule has 0 saturated heterocycles. The molecule has 0 amide bonds. The number of hydrogen-bond donors (Lipinski definition) is 1. The SMILES string of the molecule is COC(=O)c1c(CN)ncc(OC)c1OC(F)(F)F. The number of methoxy groups -OCH3 is 2. The lowest BCUT2D eigenvalue weighted by Crippen LogP contribution is -2.22. The van der Waals surface area contributed by atoms with Crippen molar-refractivity contribution in [1.29, 1.82) is 0 Å². The van der Waals surface area contributed by atoms with Gasteiger partial charge in [-0.2, -0.15) is 0 Å². The van der Waals surface area contributed by atoms with E-state index in [9.17, 15) is 18.0 Å². The van der Waals surface area contributed by atoms with Gasteiger partial charge in [-0.1, -0.05) is 0 Å². The Balaban J connectivity index is 3.47. The van der Waals surface area contributed by atoms with E-state index in [1.54, 1.807) is 0 Å². The van der Waals surface area contributed by atoms with Gasteiger partial charge in [-0.25, -0.2) is 4.79 Å². The van der Waals surface area contributed by atoms with Crippen molar-refractivity contribution < 1.29 is 32.2 Å². The van der Waals surface area contributed by atoms with Gasteiger partial charge in [-0.15, -0.1) is 13.2 Å². The minimum Gasteiger partial charge on any atom is -0.491 e. The molecule has 1 aromatic rings. The Hall–Kier alpha value is -2.03. The summed E-state index contributed by atoms with van der Waals surface area (Å²) in [6, 6.07) is 0. The van der Waals surface area contributed by atoms with Crippen LogP contribution in [0.5, 0.6) is 11.5 Å². The zero-order valence-electron chi connectivity index (χ0n) is 10.1. The molecule has 0 atom stereocenters. The minimum atomic E-state index is -5.00. The summed E-state index contributed by atoms with van der Waals surface area (Å²) >= 11 is 0. The third-order valence-corrected chi connectivity index (χ3v) is 2.10. The molecule has 0 unspecified atom stereocenters. The molecule has 0 radical (unpaired) electrons. The highest BCUT2D eigenvalue weighted by molar-refractivity contribution is 5.94. The molecule has 0 aliphatic heterocycles. The fourth-order valence-corrected chi connectivity index (χ4v) is 1.34. The van der Waals surface area contributed by atoms with Crippen molar-refractivity contribution in [3.05, 3.63) is 17.5 Å². The van der Waals surface area contributed by atoms with E-state index in [4.69, 9.17) is 5.73 Å². The van der Waals surface area contributed by atoms with Crippen molar-refractivity contribution in [3.8, 4) is 11.5 Å². The maximum atomic E-state index is 12.4. The molecule has 2 N–H and O–H groups in total. The van der Waals surface area contributed by atoms with Crippen LogP contribution in [-0.2, 0) is 11.3 Å². The first-order valence-corrected chi connectivity index (χ1v) is 4.94. The average molecular weight is 280 g/mol. The smallest absolute Gasteiger partial charge is 0.491 e. The Kier molecular flexibility index (Phi) is 4.54. The molecule has 106 valence electrons. The summed E-state index contributed by atoms with van der Waals surface area (Å²) in [4.78, 5) is 15.3. The maximum Gasteiger partial charge on any atom is 0.573 e. The van der Waals surface area contributed by atoms with Crippen LogP contribution in [0.1, 0.15) is 16.1 Å². The lowest BCUT2D eigenvalue weighted by atomic mass is 10.1. The first-order valence-electron chi connectivity index (χ1n) is 4.94. The summed E-state index contributed by atoms with van der Waals surface area (Å²) in [6.07, 6.45) is -4.01. The van der Waals surface area contributed by atoms with Gasteiger partial charge in [0, 0.05) is 6.54 Å². The van der Waals surface area contributed by atoms with Crippen LogP contribution >= 0.6 is 0 Å². The summed E-state index contributed by atoms with van der Waals surface area (Å²) in [5.74, 6) is -2.22. The van der Waals surface area contributed by atoms with E-state index in [0.29, 0.717) is 0 Å². The van der Waals surface area contributed by atoms with E-state index >= 15 is 0 Å². The van der Waals surface area contributed by atoms with Crippen LogP contribution in [0.25, 0.3) is 0 Å². The normalized spacial score (nSPS) is 11.1. The Morgan fingerprint density at radius 3 is 2.47 bits per heavy atom. The number of halogens is 3. The summed E-state index contributed by atoms with van der Waals surface area (Å²) in [5, 5.41) is 0. The van der Waals surface area contributed by atoms with E-state index in [1.165, 1.54) is 0 Å². The predicted molar refractivity (Wildman–Crippen MR) is 56.7 cm³/mol. The van der Waals surface area contributed by atoms with Crippen LogP contribution in [0.3, 0.4) is 0 Å². The number of hydrogen-bond acceptors (Lipinski definition) is 6. The number of pyridine rings is 1. The number of carbonyl (C=O) groups is 1. The fourth-order valence-electron chi connectivity index (χ4n) is 1.34. The first kappa shape index (κ1) is 15.0. The van der Waals surface area contributed by atoms with Gasteiger partial charge in [0.15, 0.2) is 11.5 Å². The van der Waals surface area contributed by atoms with Gasteiger partial charge in [0.1, 0.15) is 5.56 Å². The molecule has 0 aliphatic carbocycles. The molecule has 0 spiro atoms. The topological polar surface area (TPSA) is 83.7 Å². The van der Waals surface area contributed by atoms with E-state index in [-0.39, 0.29) is 18.0 Å². The van der Waals surface area contributed by atoms with Crippen LogP contribution in [-0.4, -0.2) is 31.5 Å². The number of nitrogens with zero attached hydrogens (tertiary/aromatic N) is 1. The zero-order chi connectivity index (χ0) is 14.6. The molecule has 1 aromatic heterocycles. The van der Waals surface area contributed by atoms with Crippen LogP contribution in [0.2, 0.25) is 0 Å². The summed E-state index contributed by atoms with van der Waals surface area (Å²) in [5.41, 5.74) is 4.72. The van der Waals surface area contributed by atoms with Gasteiger partial charge < -0.3 is 19.9 Å². The number of carbonyl (C=O) groups excluding carboxylic acids is 1. The second-order valence-corrected chi connectivity index (χ2v) is 3.22. The quantitative estimate of drug-likeness (QED) is 0.835. The number of aromatic nitrogens is 1. The maximum absolute atomic E-state index is 12.4. The summed E-state index contributed by atoms with van der Waals surface area (Å²) in [7, 11) is 2.13. The highest BCUT2D eigenvalue weighted by atomic mass is 19.4. The molecule has 1 heterocycles. The van der Waals surface area contributed by atoms with E-state index in [0.717, 1.165) is 20.4 Å². The Morgan fingerprint density at radius 2 is 2.05 bits per heavy atom. The zero-order valence-corrected chi connectivity index (χ0v) is 10.1. The van der Waals surface area contributed by atoms with E-state index < -0.39 is 23.6 Å². The molecule has 19 heavy (non-hydrogen) atoms. The van der Waals surface area contributed by atoms with Crippen LogP contribution in [0.4, 0.5) is 13.2 Å². The van der Waals surface area contributed by atoms with Gasteiger partial charge in [0.25, 0.3) is 0 Å². The molecule has 1 rings (SSSR count). The number of nitrogens with two attached hydrogens (primary N) is 1. The molecule has 9 heteroatoms. The Morgan fingerprint density at radius 1 is 1.42 bits per heavy atom. The second kappa shape index (κ2) is 5.74. The monoisotopic (exact) mass is 280 g/mol. The van der Waals surface area contributed by atoms with E-state index in [2.05, 4.69) is 19.2 Å². The molecule has 0 bridgehead atoms. The van der Waals surface area contributed by atoms with Crippen LogP contribution in [0.15, 0.2) is 6.20 Å². The number of rotatable bonds is 4. The number of alkyl halides is 3. The third-order valence-electron chi connectivity index (χ3n) is 2.10. The van der Waals surface area contributed by atoms with E-state index in [1.807, 2.05) is 0 Å². The molecular formula is C10H11F3N2O4. The van der Waals surface area contributed by atoms with Crippen molar-refractivity contribution >= 4 is 5.97 Å². The standard InChI is InChI=1S/C10H11F3N2O4/c1-17-6-4-15-5(3-14)7(9(16)18-2)8(6)19-10(11,12)13/h4H,3,14H2,1-2H3. The summed E-state index contributed by atoms with van der Waals surface area (Å²) < 4.78 is 50.0. The summed E-state index contributed by atoms with van der Waals surface area (Å²) in [6.45, 7) is -0.261. The van der Waals surface area contributed by atoms with Crippen LogP contribution in [0, 0.1) is 0 Å².